The van der Waals surface area contributed by atoms with Gasteiger partial charge in [-0.1, -0.05) is 6.08 Å². The Morgan fingerprint density at radius 3 is 2.56 bits per heavy atom. The zero-order chi connectivity index (χ0) is 7.44. The van der Waals surface area contributed by atoms with Crippen LogP contribution in [0.1, 0.15) is 6.92 Å². The van der Waals surface area contributed by atoms with E-state index in [4.69, 9.17) is 10.9 Å². The van der Waals surface area contributed by atoms with Crippen LogP contribution in [-0.4, -0.2) is 22.3 Å². The third kappa shape index (κ3) is 2.14. The number of primary amides is 1. The van der Waals surface area contributed by atoms with Gasteiger partial charge < -0.3 is 5.73 Å². The van der Waals surface area contributed by atoms with E-state index < -0.39 is 12.1 Å². The van der Waals surface area contributed by atoms with Gasteiger partial charge in [-0.15, -0.1) is 6.58 Å². The number of hydrogen-bond acceptors (Lipinski definition) is 2. The van der Waals surface area contributed by atoms with Crippen LogP contribution >= 0.6 is 0 Å². The van der Waals surface area contributed by atoms with Gasteiger partial charge in [-0.05, 0) is 6.92 Å². The smallest absolute Gasteiger partial charge is 0.339 e. The van der Waals surface area contributed by atoms with Crippen LogP contribution in [0, 0.1) is 0 Å². The van der Waals surface area contributed by atoms with E-state index >= 15 is 0 Å². The van der Waals surface area contributed by atoms with Gasteiger partial charge in [0.05, 0.1) is 6.04 Å². The van der Waals surface area contributed by atoms with Crippen LogP contribution in [0.15, 0.2) is 12.7 Å². The highest BCUT2D eigenvalue weighted by Crippen LogP contribution is 1.93. The van der Waals surface area contributed by atoms with Crippen molar-refractivity contribution < 1.29 is 10.0 Å². The summed E-state index contributed by atoms with van der Waals surface area (Å²) in [5, 5.41) is 9.09. The number of amides is 2. The molecule has 4 heteroatoms. The van der Waals surface area contributed by atoms with Crippen LogP contribution in [0.2, 0.25) is 0 Å². The maximum absolute atomic E-state index is 10.2. The first kappa shape index (κ1) is 7.97. The molecule has 0 aromatic rings. The lowest BCUT2D eigenvalue weighted by atomic mass is 10.3. The summed E-state index contributed by atoms with van der Waals surface area (Å²) in [5.74, 6) is 0. The molecule has 0 rings (SSSR count). The fourth-order valence-corrected chi connectivity index (χ4v) is 0.301. The van der Waals surface area contributed by atoms with E-state index in [1.807, 2.05) is 0 Å². The Bertz CT molecular complexity index is 124. The summed E-state index contributed by atoms with van der Waals surface area (Å²) in [4.78, 5) is 10.2. The van der Waals surface area contributed by atoms with E-state index in [1.54, 1.807) is 6.92 Å². The maximum Gasteiger partial charge on any atom is 0.339 e. The van der Waals surface area contributed by atoms with Crippen LogP contribution in [0.3, 0.4) is 0 Å². The molecule has 3 N–H and O–H groups in total. The predicted molar refractivity (Wildman–Crippen MR) is 32.9 cm³/mol. The average Bonchev–Trinajstić information content (AvgIpc) is 1.84. The molecule has 9 heavy (non-hydrogen) atoms. The number of nitrogens with zero attached hydrogens (tertiary/aromatic N) is 1. The lowest BCUT2D eigenvalue weighted by Crippen LogP contribution is -2.38. The van der Waals surface area contributed by atoms with Crippen molar-refractivity contribution in [3.8, 4) is 0 Å². The highest BCUT2D eigenvalue weighted by Gasteiger charge is 2.09. The second kappa shape index (κ2) is 3.09. The normalized spacial score (nSPS) is 12.2. The molecule has 0 saturated heterocycles. The van der Waals surface area contributed by atoms with Gasteiger partial charge in [0.25, 0.3) is 0 Å². The van der Waals surface area contributed by atoms with Crippen LogP contribution in [0.4, 0.5) is 4.79 Å². The molecule has 0 heterocycles. The van der Waals surface area contributed by atoms with Crippen molar-refractivity contribution in [3.63, 3.8) is 0 Å². The van der Waals surface area contributed by atoms with Gasteiger partial charge in [0.2, 0.25) is 0 Å². The van der Waals surface area contributed by atoms with Crippen molar-refractivity contribution in [2.75, 3.05) is 0 Å². The molecule has 0 aliphatic rings. The Morgan fingerprint density at radius 2 is 2.44 bits per heavy atom. The maximum atomic E-state index is 10.2. The van der Waals surface area contributed by atoms with Crippen molar-refractivity contribution in [3.05, 3.63) is 12.7 Å². The minimum Gasteiger partial charge on any atom is -0.350 e. The summed E-state index contributed by atoms with van der Waals surface area (Å²) in [6, 6.07) is -1.30. The Labute approximate surface area is 53.5 Å². The minimum absolute atomic E-state index is 0.410. The van der Waals surface area contributed by atoms with Crippen molar-refractivity contribution in [2.45, 2.75) is 13.0 Å². The number of carbonyl (C=O) groups excluding carboxylic acids is 1. The van der Waals surface area contributed by atoms with E-state index in [2.05, 4.69) is 6.58 Å². The third-order valence-corrected chi connectivity index (χ3v) is 0.953. The largest absolute Gasteiger partial charge is 0.350 e. The van der Waals surface area contributed by atoms with Crippen molar-refractivity contribution >= 4 is 6.03 Å². The summed E-state index contributed by atoms with van der Waals surface area (Å²) in [6.07, 6.45) is 1.41. The molecule has 2 amide bonds. The lowest BCUT2D eigenvalue weighted by Gasteiger charge is -2.15. The number of urea groups is 1. The van der Waals surface area contributed by atoms with Crippen LogP contribution in [-0.2, 0) is 0 Å². The molecule has 1 unspecified atom stereocenters. The molecule has 52 valence electrons. The first-order valence-electron chi connectivity index (χ1n) is 2.49. The molecule has 0 aliphatic carbocycles. The fourth-order valence-electron chi connectivity index (χ4n) is 0.301. The van der Waals surface area contributed by atoms with E-state index in [0.29, 0.717) is 5.06 Å². The summed E-state index contributed by atoms with van der Waals surface area (Å²) in [5.41, 5.74) is 4.70. The molecule has 4 nitrogen and oxygen atoms in total. The molecular formula is C5H10N2O2. The van der Waals surface area contributed by atoms with Gasteiger partial charge in [0, 0.05) is 0 Å². The van der Waals surface area contributed by atoms with Gasteiger partial charge in [-0.3, -0.25) is 5.21 Å². The number of carbonyl (C=O) groups is 1. The summed E-state index contributed by atoms with van der Waals surface area (Å²) < 4.78 is 0. The van der Waals surface area contributed by atoms with Crippen molar-refractivity contribution in [1.29, 1.82) is 0 Å². The summed E-state index contributed by atoms with van der Waals surface area (Å²) >= 11 is 0. The van der Waals surface area contributed by atoms with Crippen molar-refractivity contribution in [2.24, 2.45) is 5.73 Å². The van der Waals surface area contributed by atoms with Crippen LogP contribution in [0.5, 0.6) is 0 Å². The zero-order valence-electron chi connectivity index (χ0n) is 5.24. The number of hydrogen-bond donors (Lipinski definition) is 2. The van der Waals surface area contributed by atoms with E-state index in [0.717, 1.165) is 0 Å². The molecule has 1 atom stereocenters. The van der Waals surface area contributed by atoms with Gasteiger partial charge in [-0.25, -0.2) is 4.79 Å². The molecule has 0 aliphatic heterocycles. The van der Waals surface area contributed by atoms with Crippen LogP contribution < -0.4 is 5.73 Å². The molecule has 0 fully saturated rings. The monoisotopic (exact) mass is 130 g/mol. The first-order chi connectivity index (χ1) is 4.09. The quantitative estimate of drug-likeness (QED) is 0.321. The Morgan fingerprint density at radius 1 is 2.00 bits per heavy atom. The van der Waals surface area contributed by atoms with E-state index in [-0.39, 0.29) is 0 Å². The standard InChI is InChI=1S/C5H10N2O2/c1-3-4(2)7(9)5(6)8/h3-4,9H,1H2,2H3,(H2,6,8). The van der Waals surface area contributed by atoms with Gasteiger partial charge in [-0.2, -0.15) is 5.06 Å². The van der Waals surface area contributed by atoms with Crippen molar-refractivity contribution in [1.82, 2.24) is 5.06 Å². The fraction of sp³-hybridized carbons (Fsp3) is 0.400. The Balaban J connectivity index is 3.86. The summed E-state index contributed by atoms with van der Waals surface area (Å²) in [6.45, 7) is 4.95. The topological polar surface area (TPSA) is 66.6 Å². The predicted octanol–water partition coefficient (Wildman–Crippen LogP) is 0.331. The molecule has 0 saturated carbocycles. The molecule has 0 aromatic heterocycles. The van der Waals surface area contributed by atoms with Gasteiger partial charge in [0.1, 0.15) is 0 Å². The Kier molecular flexibility index (Phi) is 2.73. The number of hydroxylamine groups is 2. The molecule has 0 spiro atoms. The lowest BCUT2D eigenvalue weighted by molar-refractivity contribution is -0.0561. The SMILES string of the molecule is C=CC(C)N(O)C(N)=O. The molecule has 0 bridgehead atoms. The number of nitrogens with two attached hydrogens (primary N) is 1. The van der Waals surface area contributed by atoms with E-state index in [1.165, 1.54) is 6.08 Å². The molecule has 0 radical (unpaired) electrons. The first-order valence-corrected chi connectivity index (χ1v) is 2.49. The van der Waals surface area contributed by atoms with Gasteiger partial charge >= 0.3 is 6.03 Å². The second-order valence-electron chi connectivity index (χ2n) is 1.66. The molecule has 0 aromatic carbocycles. The van der Waals surface area contributed by atoms with E-state index in [9.17, 15) is 4.79 Å². The Hall–Kier alpha value is -1.03. The molecular weight excluding hydrogens is 120 g/mol. The second-order valence-corrected chi connectivity index (χ2v) is 1.66. The van der Waals surface area contributed by atoms with Crippen LogP contribution in [0.25, 0.3) is 0 Å². The average molecular weight is 130 g/mol. The van der Waals surface area contributed by atoms with Gasteiger partial charge in [0.15, 0.2) is 0 Å². The zero-order valence-corrected chi connectivity index (χ0v) is 5.24. The summed E-state index contributed by atoms with van der Waals surface area (Å²) in [7, 11) is 0. The number of rotatable bonds is 2. The third-order valence-electron chi connectivity index (χ3n) is 0.953. The highest BCUT2D eigenvalue weighted by atomic mass is 16.5. The minimum atomic E-state index is -0.873. The highest BCUT2D eigenvalue weighted by molar-refractivity contribution is 5.71.